The monoisotopic (exact) mass is 343 g/mol. The van der Waals surface area contributed by atoms with Gasteiger partial charge in [0.2, 0.25) is 0 Å². The van der Waals surface area contributed by atoms with Crippen LogP contribution in [0.15, 0.2) is 54.6 Å². The number of fused-ring (bicyclic) bond motifs is 1. The smallest absolute Gasteiger partial charge is 0.130 e. The van der Waals surface area contributed by atoms with E-state index in [2.05, 4.69) is 76.8 Å². The molecule has 1 aromatic heterocycles. The summed E-state index contributed by atoms with van der Waals surface area (Å²) in [5.74, 6) is 1.71. The summed E-state index contributed by atoms with van der Waals surface area (Å²) >= 11 is 0. The maximum absolute atomic E-state index is 4.67. The maximum atomic E-state index is 4.67. The van der Waals surface area contributed by atoms with Gasteiger partial charge in [-0.2, -0.15) is 0 Å². The maximum Gasteiger partial charge on any atom is 0.130 e. The van der Waals surface area contributed by atoms with Gasteiger partial charge in [0.25, 0.3) is 0 Å². The highest BCUT2D eigenvalue weighted by Crippen LogP contribution is 2.32. The Kier molecular flexibility index (Phi) is 4.70. The molecule has 1 aliphatic rings. The van der Waals surface area contributed by atoms with E-state index in [1.165, 1.54) is 29.5 Å². The number of hydrogen-bond acceptors (Lipinski definition) is 3. The van der Waals surface area contributed by atoms with Crippen LogP contribution in [0.25, 0.3) is 11.3 Å². The van der Waals surface area contributed by atoms with Crippen LogP contribution in [0.5, 0.6) is 0 Å². The molecular formula is C23H25N3. The molecule has 0 radical (unpaired) electrons. The Balaban J connectivity index is 1.65. The van der Waals surface area contributed by atoms with Crippen molar-refractivity contribution in [2.75, 3.05) is 5.32 Å². The highest BCUT2D eigenvalue weighted by Gasteiger charge is 2.20. The lowest BCUT2D eigenvalue weighted by Crippen LogP contribution is -2.18. The average molecular weight is 343 g/mol. The van der Waals surface area contributed by atoms with Crippen molar-refractivity contribution < 1.29 is 0 Å². The molecule has 4 rings (SSSR count). The fourth-order valence-corrected chi connectivity index (χ4v) is 3.82. The van der Waals surface area contributed by atoms with E-state index >= 15 is 0 Å². The normalized spacial score (nSPS) is 16.2. The fraction of sp³-hybridized carbons (Fsp3) is 0.304. The minimum Gasteiger partial charge on any atom is -0.363 e. The second kappa shape index (κ2) is 7.28. The summed E-state index contributed by atoms with van der Waals surface area (Å²) in [4.78, 5) is 9.31. The van der Waals surface area contributed by atoms with Crippen LogP contribution >= 0.6 is 0 Å². The number of nitrogens with one attached hydrogen (secondary N) is 1. The van der Waals surface area contributed by atoms with E-state index in [-0.39, 0.29) is 0 Å². The van der Waals surface area contributed by atoms with Crippen molar-refractivity contribution >= 4 is 5.82 Å². The third kappa shape index (κ3) is 3.48. The molecule has 2 aromatic carbocycles. The number of aromatic nitrogens is 2. The van der Waals surface area contributed by atoms with Crippen molar-refractivity contribution in [3.05, 3.63) is 77.1 Å². The predicted octanol–water partition coefficient (Wildman–Crippen LogP) is 5.50. The summed E-state index contributed by atoms with van der Waals surface area (Å²) in [7, 11) is 0. The van der Waals surface area contributed by atoms with Crippen LogP contribution < -0.4 is 5.32 Å². The van der Waals surface area contributed by atoms with Crippen LogP contribution in [0.1, 0.15) is 48.3 Å². The second-order valence-electron chi connectivity index (χ2n) is 7.03. The zero-order valence-corrected chi connectivity index (χ0v) is 15.5. The molecule has 0 bridgehead atoms. The van der Waals surface area contributed by atoms with Crippen LogP contribution in [0, 0.1) is 6.92 Å². The Morgan fingerprint density at radius 1 is 1.04 bits per heavy atom. The molecule has 26 heavy (non-hydrogen) atoms. The van der Waals surface area contributed by atoms with Gasteiger partial charge in [0, 0.05) is 11.6 Å². The van der Waals surface area contributed by atoms with Crippen LogP contribution in [-0.4, -0.2) is 9.97 Å². The lowest BCUT2D eigenvalue weighted by molar-refractivity contribution is 0.598. The molecule has 3 nitrogen and oxygen atoms in total. The summed E-state index contributed by atoms with van der Waals surface area (Å²) in [5, 5.41) is 3.67. The molecule has 1 atom stereocenters. The Hall–Kier alpha value is -2.68. The number of aryl methyl sites for hydroxylation is 3. The minimum absolute atomic E-state index is 0.323. The number of hydrogen-bond donors (Lipinski definition) is 1. The Labute approximate surface area is 155 Å². The van der Waals surface area contributed by atoms with E-state index in [4.69, 9.17) is 0 Å². The van der Waals surface area contributed by atoms with Crippen molar-refractivity contribution in [3.63, 3.8) is 0 Å². The highest BCUT2D eigenvalue weighted by atomic mass is 15.0. The summed E-state index contributed by atoms with van der Waals surface area (Å²) in [5.41, 5.74) is 6.33. The summed E-state index contributed by atoms with van der Waals surface area (Å²) in [6.07, 6.45) is 4.55. The predicted molar refractivity (Wildman–Crippen MR) is 107 cm³/mol. The van der Waals surface area contributed by atoms with E-state index in [9.17, 15) is 0 Å². The van der Waals surface area contributed by atoms with Crippen LogP contribution in [0.4, 0.5) is 5.82 Å². The first-order valence-electron chi connectivity index (χ1n) is 9.52. The summed E-state index contributed by atoms with van der Waals surface area (Å²) in [6, 6.07) is 19.8. The quantitative estimate of drug-likeness (QED) is 0.679. The molecular weight excluding hydrogens is 318 g/mol. The van der Waals surface area contributed by atoms with Gasteiger partial charge < -0.3 is 5.32 Å². The van der Waals surface area contributed by atoms with Gasteiger partial charge in [-0.25, -0.2) is 9.97 Å². The van der Waals surface area contributed by atoms with Gasteiger partial charge in [-0.05, 0) is 55.4 Å². The average Bonchev–Trinajstić information content (AvgIpc) is 2.68. The van der Waals surface area contributed by atoms with E-state index in [0.717, 1.165) is 35.7 Å². The van der Waals surface area contributed by atoms with Gasteiger partial charge in [0.1, 0.15) is 11.6 Å². The minimum atomic E-state index is 0.323. The highest BCUT2D eigenvalue weighted by molar-refractivity contribution is 5.63. The Bertz CT molecular complexity index is 917. The van der Waals surface area contributed by atoms with E-state index in [1.807, 2.05) is 6.92 Å². The molecule has 0 amide bonds. The first kappa shape index (κ1) is 16.8. The summed E-state index contributed by atoms with van der Waals surface area (Å²) < 4.78 is 0. The second-order valence-corrected chi connectivity index (χ2v) is 7.03. The van der Waals surface area contributed by atoms with Crippen molar-refractivity contribution in [2.24, 2.45) is 0 Å². The third-order valence-corrected chi connectivity index (χ3v) is 5.16. The van der Waals surface area contributed by atoms with Crippen molar-refractivity contribution in [1.82, 2.24) is 9.97 Å². The molecule has 0 saturated heterocycles. The van der Waals surface area contributed by atoms with Crippen molar-refractivity contribution in [2.45, 2.75) is 45.6 Å². The molecule has 0 unspecified atom stereocenters. The van der Waals surface area contributed by atoms with Gasteiger partial charge >= 0.3 is 0 Å². The van der Waals surface area contributed by atoms with Crippen LogP contribution in [0.3, 0.4) is 0 Å². The molecule has 3 aromatic rings. The van der Waals surface area contributed by atoms with Crippen molar-refractivity contribution in [3.8, 4) is 11.3 Å². The molecule has 0 spiro atoms. The number of nitrogens with zero attached hydrogens (tertiary/aromatic N) is 2. The van der Waals surface area contributed by atoms with E-state index in [0.29, 0.717) is 6.04 Å². The van der Waals surface area contributed by atoms with E-state index < -0.39 is 0 Å². The Morgan fingerprint density at radius 2 is 1.92 bits per heavy atom. The SMILES string of the molecule is CCc1cccc(-c2cc(N[C@@H]3CCCc4ccccc43)nc(C)n2)c1. The zero-order valence-electron chi connectivity index (χ0n) is 15.5. The largest absolute Gasteiger partial charge is 0.363 e. The van der Waals surface area contributed by atoms with E-state index in [1.54, 1.807) is 0 Å². The van der Waals surface area contributed by atoms with Gasteiger partial charge in [0.05, 0.1) is 11.7 Å². The molecule has 1 aliphatic carbocycles. The van der Waals surface area contributed by atoms with Gasteiger partial charge in [-0.1, -0.05) is 49.4 Å². The van der Waals surface area contributed by atoms with Gasteiger partial charge in [-0.3, -0.25) is 0 Å². The van der Waals surface area contributed by atoms with Gasteiger partial charge in [0.15, 0.2) is 0 Å². The first-order chi connectivity index (χ1) is 12.7. The zero-order chi connectivity index (χ0) is 17.9. The third-order valence-electron chi connectivity index (χ3n) is 5.16. The number of anilines is 1. The molecule has 132 valence electrons. The standard InChI is InChI=1S/C23H25N3/c1-3-17-8-6-11-19(14-17)22-15-23(25-16(2)24-22)26-21-13-7-10-18-9-4-5-12-20(18)21/h4-6,8-9,11-12,14-15,21H,3,7,10,13H2,1-2H3,(H,24,25,26)/t21-/m1/s1. The molecule has 0 fully saturated rings. The van der Waals surface area contributed by atoms with Crippen LogP contribution in [0.2, 0.25) is 0 Å². The topological polar surface area (TPSA) is 37.8 Å². The number of rotatable bonds is 4. The van der Waals surface area contributed by atoms with Gasteiger partial charge in [-0.15, -0.1) is 0 Å². The molecule has 3 heteroatoms. The lowest BCUT2D eigenvalue weighted by Gasteiger charge is -2.27. The molecule has 0 aliphatic heterocycles. The summed E-state index contributed by atoms with van der Waals surface area (Å²) in [6.45, 7) is 4.14. The van der Waals surface area contributed by atoms with Crippen LogP contribution in [-0.2, 0) is 12.8 Å². The fourth-order valence-electron chi connectivity index (χ4n) is 3.82. The first-order valence-corrected chi connectivity index (χ1v) is 9.52. The molecule has 1 N–H and O–H groups in total. The number of benzene rings is 2. The molecule has 0 saturated carbocycles. The molecule has 1 heterocycles. The van der Waals surface area contributed by atoms with Crippen molar-refractivity contribution in [1.29, 1.82) is 0 Å². The Morgan fingerprint density at radius 3 is 2.81 bits per heavy atom. The lowest BCUT2D eigenvalue weighted by atomic mass is 9.88.